The van der Waals surface area contributed by atoms with E-state index in [4.69, 9.17) is 22.6 Å². The number of nitrogens with one attached hydrogen (secondary N) is 1. The molecule has 7 N–H and O–H groups in total. The minimum atomic E-state index is -1.68. The van der Waals surface area contributed by atoms with Crippen LogP contribution in [-0.2, 0) is 4.74 Å². The maximum absolute atomic E-state index is 10.3. The van der Waals surface area contributed by atoms with E-state index in [9.17, 15) is 10.2 Å². The van der Waals surface area contributed by atoms with Crippen LogP contribution in [0.3, 0.4) is 0 Å². The van der Waals surface area contributed by atoms with Gasteiger partial charge in [-0.05, 0) is 6.92 Å². The fraction of sp³-hybridized carbons (Fsp3) is 0.286. The first-order chi connectivity index (χ1) is 10.8. The summed E-state index contributed by atoms with van der Waals surface area (Å²) in [7, 11) is 0. The lowest BCUT2D eigenvalue weighted by molar-refractivity contribution is 0.0224. The number of nitrogens with two attached hydrogens (primary N) is 2. The van der Waals surface area contributed by atoms with Crippen LogP contribution < -0.4 is 16.8 Å². The molecule has 9 heteroatoms. The summed E-state index contributed by atoms with van der Waals surface area (Å²) in [4.78, 5) is 8.33. The van der Waals surface area contributed by atoms with E-state index < -0.39 is 23.6 Å². The molecule has 2 aliphatic rings. The van der Waals surface area contributed by atoms with Crippen LogP contribution in [0.5, 0.6) is 0 Å². The topological polar surface area (TPSA) is 144 Å². The van der Waals surface area contributed by atoms with Crippen LogP contribution in [0.1, 0.15) is 18.8 Å². The van der Waals surface area contributed by atoms with Gasteiger partial charge in [-0.15, -0.1) is 6.42 Å². The van der Waals surface area contributed by atoms with Crippen molar-refractivity contribution in [1.82, 2.24) is 14.9 Å². The molecule has 0 bridgehead atoms. The number of hydrogen-bond acceptors (Lipinski definition) is 8. The summed E-state index contributed by atoms with van der Waals surface area (Å²) in [5.41, 5.74) is 11.0. The molecular weight excluding hydrogens is 300 g/mol. The second-order valence-corrected chi connectivity index (χ2v) is 5.30. The molecule has 0 fully saturated rings. The Balaban J connectivity index is 2.12. The van der Waals surface area contributed by atoms with E-state index >= 15 is 0 Å². The maximum atomic E-state index is 10.3. The lowest BCUT2D eigenvalue weighted by Crippen LogP contribution is -2.46. The van der Waals surface area contributed by atoms with E-state index in [0.29, 0.717) is 17.2 Å². The quantitative estimate of drug-likeness (QED) is 0.459. The van der Waals surface area contributed by atoms with E-state index in [1.165, 1.54) is 17.8 Å². The molecule has 0 saturated heterocycles. The Morgan fingerprint density at radius 3 is 2.96 bits per heavy atom. The van der Waals surface area contributed by atoms with Crippen LogP contribution in [0.15, 0.2) is 29.4 Å². The Hall–Kier alpha value is -2.96. The highest BCUT2D eigenvalue weighted by molar-refractivity contribution is 5.93. The minimum absolute atomic E-state index is 0.0948. The van der Waals surface area contributed by atoms with Crippen LogP contribution in [0.4, 0.5) is 5.82 Å². The molecule has 0 radical (unpaired) electrons. The zero-order valence-electron chi connectivity index (χ0n) is 12.3. The fourth-order valence-corrected chi connectivity index (χ4v) is 2.51. The molecule has 3 atom stereocenters. The van der Waals surface area contributed by atoms with E-state index in [-0.39, 0.29) is 11.7 Å². The van der Waals surface area contributed by atoms with Gasteiger partial charge in [0, 0.05) is 0 Å². The molecule has 0 amide bonds. The number of aromatic nitrogens is 2. The van der Waals surface area contributed by atoms with Crippen LogP contribution >= 0.6 is 0 Å². The van der Waals surface area contributed by atoms with Crippen LogP contribution in [-0.4, -0.2) is 37.4 Å². The van der Waals surface area contributed by atoms with Crippen molar-refractivity contribution in [2.75, 3.05) is 0 Å². The molecule has 3 rings (SSSR count). The first kappa shape index (κ1) is 15.0. The van der Waals surface area contributed by atoms with Gasteiger partial charge < -0.3 is 31.7 Å². The number of nitrogens with zero attached hydrogens (tertiary/aromatic N) is 3. The second-order valence-electron chi connectivity index (χ2n) is 5.30. The van der Waals surface area contributed by atoms with Gasteiger partial charge in [0.1, 0.15) is 18.1 Å². The normalized spacial score (nSPS) is 27.7. The van der Waals surface area contributed by atoms with Gasteiger partial charge in [-0.3, -0.25) is 4.57 Å². The zero-order valence-corrected chi connectivity index (χ0v) is 12.3. The van der Waals surface area contributed by atoms with Crippen molar-refractivity contribution >= 4 is 17.5 Å². The van der Waals surface area contributed by atoms with Crippen molar-refractivity contribution in [3.05, 3.63) is 30.1 Å². The fourth-order valence-electron chi connectivity index (χ4n) is 2.51. The van der Waals surface area contributed by atoms with E-state index in [1.54, 1.807) is 0 Å². The number of ether oxygens (including phenoxy) is 1. The number of aliphatic hydroxyl groups excluding tert-OH is 2. The smallest absolute Gasteiger partial charge is 0.215 e. The summed E-state index contributed by atoms with van der Waals surface area (Å²) in [5, 5.41) is 22.7. The van der Waals surface area contributed by atoms with Crippen LogP contribution in [0.2, 0.25) is 0 Å². The predicted octanol–water partition coefficient (Wildman–Crippen LogP) is -0.587. The molecule has 1 aromatic heterocycles. The number of aliphatic hydroxyl groups is 2. The summed E-state index contributed by atoms with van der Waals surface area (Å²) in [5.74, 6) is 2.26. The number of aliphatic imine (C=N–C) groups is 1. The summed E-state index contributed by atoms with van der Waals surface area (Å²) in [6.45, 7) is 5.23. The van der Waals surface area contributed by atoms with Gasteiger partial charge in [-0.25, -0.2) is 4.98 Å². The highest BCUT2D eigenvalue weighted by Gasteiger charge is 2.51. The molecule has 120 valence electrons. The third-order valence-electron chi connectivity index (χ3n) is 3.68. The monoisotopic (exact) mass is 316 g/mol. The Kier molecular flexibility index (Phi) is 3.10. The number of hydrogen-bond donors (Lipinski definition) is 5. The Bertz CT molecular complexity index is 800. The van der Waals surface area contributed by atoms with Gasteiger partial charge in [0.05, 0.1) is 5.70 Å². The molecule has 3 heterocycles. The molecule has 0 saturated carbocycles. The van der Waals surface area contributed by atoms with Crippen molar-refractivity contribution in [2.45, 2.75) is 24.8 Å². The number of guanidine groups is 1. The molecule has 0 spiro atoms. The van der Waals surface area contributed by atoms with Crippen molar-refractivity contribution in [2.24, 2.45) is 16.5 Å². The number of terminal acetylenes is 1. The van der Waals surface area contributed by atoms with Gasteiger partial charge >= 0.3 is 0 Å². The van der Waals surface area contributed by atoms with Gasteiger partial charge in [0.15, 0.2) is 28.8 Å². The van der Waals surface area contributed by atoms with Crippen molar-refractivity contribution in [3.8, 4) is 12.3 Å². The second kappa shape index (κ2) is 4.77. The molecule has 0 aromatic carbocycles. The van der Waals surface area contributed by atoms with E-state index in [0.717, 1.165) is 0 Å². The third-order valence-corrected chi connectivity index (χ3v) is 3.68. The highest BCUT2D eigenvalue weighted by atomic mass is 16.5. The first-order valence-corrected chi connectivity index (χ1v) is 6.71. The van der Waals surface area contributed by atoms with Crippen molar-refractivity contribution in [3.63, 3.8) is 0 Å². The Morgan fingerprint density at radius 1 is 1.65 bits per heavy atom. The van der Waals surface area contributed by atoms with Crippen molar-refractivity contribution < 1.29 is 14.9 Å². The molecule has 0 aliphatic carbocycles. The van der Waals surface area contributed by atoms with Crippen LogP contribution in [0.25, 0.3) is 5.70 Å². The van der Waals surface area contributed by atoms with Gasteiger partial charge in [-0.2, -0.15) is 4.99 Å². The molecule has 1 aromatic rings. The number of imidazole rings is 1. The highest BCUT2D eigenvalue weighted by Crippen LogP contribution is 2.42. The predicted molar refractivity (Wildman–Crippen MR) is 82.9 cm³/mol. The standard InChI is InChI=1S/C14H16N6O3/c1-4-14(16)10(22)9(7(3)21)23-12(14)20-5-17-8-6(2)18-13(15)19-11(8)20/h1,5,7,12,21-22H,2,16H2,3H3,(H3,15,18,19)/t7-,12+,14?/m0/s1. The van der Waals surface area contributed by atoms with Crippen molar-refractivity contribution in [1.29, 1.82) is 0 Å². The molecule has 2 aliphatic heterocycles. The summed E-state index contributed by atoms with van der Waals surface area (Å²) >= 11 is 0. The lowest BCUT2D eigenvalue weighted by Gasteiger charge is -2.27. The Morgan fingerprint density at radius 2 is 2.35 bits per heavy atom. The largest absolute Gasteiger partial charge is 0.506 e. The first-order valence-electron chi connectivity index (χ1n) is 6.71. The summed E-state index contributed by atoms with van der Waals surface area (Å²) < 4.78 is 7.04. The van der Waals surface area contributed by atoms with Gasteiger partial charge in [0.25, 0.3) is 0 Å². The molecular formula is C14H16N6O3. The Labute approximate surface area is 132 Å². The van der Waals surface area contributed by atoms with Gasteiger partial charge in [-0.1, -0.05) is 12.5 Å². The third kappa shape index (κ3) is 1.97. The molecule has 23 heavy (non-hydrogen) atoms. The molecule has 9 nitrogen and oxygen atoms in total. The zero-order chi connectivity index (χ0) is 16.9. The SMILES string of the molecule is C#CC1(N)C(O)=C([C@H](C)O)O[C@H]1n1cnc2c1N=C(N)NC2=C. The number of fused-ring (bicyclic) bond motifs is 1. The lowest BCUT2D eigenvalue weighted by atomic mass is 9.97. The van der Waals surface area contributed by atoms with E-state index in [2.05, 4.69) is 27.8 Å². The van der Waals surface area contributed by atoms with Gasteiger partial charge in [0.2, 0.25) is 6.23 Å². The molecule has 1 unspecified atom stereocenters. The number of rotatable bonds is 2. The minimum Gasteiger partial charge on any atom is -0.506 e. The summed E-state index contributed by atoms with van der Waals surface area (Å²) in [6, 6.07) is 0. The van der Waals surface area contributed by atoms with E-state index in [1.807, 2.05) is 0 Å². The average Bonchev–Trinajstić information content (AvgIpc) is 3.00. The summed E-state index contributed by atoms with van der Waals surface area (Å²) in [6.07, 6.45) is 4.77. The average molecular weight is 316 g/mol. The van der Waals surface area contributed by atoms with Crippen LogP contribution in [0, 0.1) is 12.3 Å². The maximum Gasteiger partial charge on any atom is 0.215 e.